The molecule has 2 aliphatic rings. The number of Topliss-reactive ketones (excluding diaryl/α,β-unsaturated/α-hetero) is 1. The Balaban J connectivity index is 1.98. The molecule has 3 N–H and O–H groups in total. The highest BCUT2D eigenvalue weighted by molar-refractivity contribution is 7.89. The van der Waals surface area contributed by atoms with E-state index in [1.54, 1.807) is 0 Å². The van der Waals surface area contributed by atoms with E-state index in [9.17, 15) is 23.1 Å². The SMILES string of the molecule is CC(C#N)NC(=O)C(C)(NS(=O)(=O)CC12CCC(CC1=O)C2(C)C)c1cccc(O)c1. The molecule has 2 bridgehead atoms. The van der Waals surface area contributed by atoms with Crippen molar-refractivity contribution in [3.8, 4) is 11.8 Å². The average molecular weight is 448 g/mol. The molecule has 4 unspecified atom stereocenters. The highest BCUT2D eigenvalue weighted by Gasteiger charge is 2.65. The number of carbonyl (C=O) groups excluding carboxylic acids is 2. The van der Waals surface area contributed by atoms with Crippen molar-refractivity contribution in [2.75, 3.05) is 5.75 Å². The summed E-state index contributed by atoms with van der Waals surface area (Å²) in [6.45, 7) is 6.75. The predicted molar refractivity (Wildman–Crippen MR) is 114 cm³/mol. The maximum absolute atomic E-state index is 13.4. The molecule has 168 valence electrons. The zero-order valence-corrected chi connectivity index (χ0v) is 19.0. The summed E-state index contributed by atoms with van der Waals surface area (Å²) in [5.74, 6) is -1.14. The molecule has 1 amide bonds. The first-order valence-electron chi connectivity index (χ1n) is 10.3. The van der Waals surface area contributed by atoms with Gasteiger partial charge in [-0.3, -0.25) is 9.59 Å². The Hall–Kier alpha value is -2.44. The van der Waals surface area contributed by atoms with Crippen molar-refractivity contribution in [2.45, 2.75) is 58.5 Å². The summed E-state index contributed by atoms with van der Waals surface area (Å²) in [6.07, 6.45) is 1.69. The fourth-order valence-electron chi connectivity index (χ4n) is 5.21. The van der Waals surface area contributed by atoms with Crippen LogP contribution in [0.4, 0.5) is 0 Å². The van der Waals surface area contributed by atoms with Crippen molar-refractivity contribution in [3.63, 3.8) is 0 Å². The number of nitrogens with one attached hydrogen (secondary N) is 2. The Morgan fingerprint density at radius 3 is 2.61 bits per heavy atom. The molecule has 0 spiro atoms. The normalized spacial score (nSPS) is 27.3. The molecule has 2 aliphatic carbocycles. The van der Waals surface area contributed by atoms with Crippen LogP contribution in [0, 0.1) is 28.1 Å². The molecule has 4 atom stereocenters. The Labute approximate surface area is 183 Å². The van der Waals surface area contributed by atoms with E-state index in [0.29, 0.717) is 12.8 Å². The Kier molecular flexibility index (Phi) is 5.70. The highest BCUT2D eigenvalue weighted by Crippen LogP contribution is 2.64. The first-order chi connectivity index (χ1) is 14.3. The summed E-state index contributed by atoms with van der Waals surface area (Å²) in [4.78, 5) is 25.9. The fraction of sp³-hybridized carbons (Fsp3) is 0.591. The van der Waals surface area contributed by atoms with E-state index in [1.165, 1.54) is 38.1 Å². The van der Waals surface area contributed by atoms with Crippen molar-refractivity contribution < 1.29 is 23.1 Å². The fourth-order valence-corrected chi connectivity index (χ4v) is 7.44. The third-order valence-corrected chi connectivity index (χ3v) is 8.95. The van der Waals surface area contributed by atoms with E-state index in [1.807, 2.05) is 19.9 Å². The summed E-state index contributed by atoms with van der Waals surface area (Å²) < 4.78 is 29.2. The lowest BCUT2D eigenvalue weighted by atomic mass is 9.70. The molecule has 0 radical (unpaired) electrons. The molecular formula is C22H29N3O5S. The number of fused-ring (bicyclic) bond motifs is 2. The van der Waals surface area contributed by atoms with E-state index >= 15 is 0 Å². The van der Waals surface area contributed by atoms with Crippen molar-refractivity contribution in [2.24, 2.45) is 16.7 Å². The summed E-state index contributed by atoms with van der Waals surface area (Å²) >= 11 is 0. The molecule has 0 heterocycles. The number of rotatable bonds is 7. The molecule has 1 aromatic carbocycles. The lowest BCUT2D eigenvalue weighted by Gasteiger charge is -2.38. The molecule has 2 saturated carbocycles. The maximum atomic E-state index is 13.4. The van der Waals surface area contributed by atoms with Crippen LogP contribution in [0.25, 0.3) is 0 Å². The minimum absolute atomic E-state index is 0.0410. The maximum Gasteiger partial charge on any atom is 0.246 e. The number of nitrogens with zero attached hydrogens (tertiary/aromatic N) is 1. The summed E-state index contributed by atoms with van der Waals surface area (Å²) in [5.41, 5.74) is -3.00. The molecule has 0 aliphatic heterocycles. The first kappa shape index (κ1) is 23.2. The van der Waals surface area contributed by atoms with Gasteiger partial charge in [0.25, 0.3) is 0 Å². The van der Waals surface area contributed by atoms with Gasteiger partial charge in [-0.25, -0.2) is 8.42 Å². The molecular weight excluding hydrogens is 418 g/mol. The second-order valence-electron chi connectivity index (χ2n) is 9.53. The monoisotopic (exact) mass is 447 g/mol. The first-order valence-corrected chi connectivity index (χ1v) is 12.0. The van der Waals surface area contributed by atoms with Gasteiger partial charge in [0.05, 0.1) is 11.8 Å². The van der Waals surface area contributed by atoms with E-state index in [-0.39, 0.29) is 23.0 Å². The third-order valence-electron chi connectivity index (χ3n) is 7.35. The van der Waals surface area contributed by atoms with E-state index in [2.05, 4.69) is 10.0 Å². The van der Waals surface area contributed by atoms with Gasteiger partial charge in [-0.2, -0.15) is 9.98 Å². The zero-order chi connectivity index (χ0) is 23.2. The minimum Gasteiger partial charge on any atom is -0.508 e. The summed E-state index contributed by atoms with van der Waals surface area (Å²) in [7, 11) is -4.12. The van der Waals surface area contributed by atoms with Gasteiger partial charge < -0.3 is 10.4 Å². The number of aromatic hydroxyl groups is 1. The van der Waals surface area contributed by atoms with Gasteiger partial charge >= 0.3 is 0 Å². The lowest BCUT2D eigenvalue weighted by Crippen LogP contribution is -2.57. The number of sulfonamides is 1. The van der Waals surface area contributed by atoms with Crippen LogP contribution in [0.15, 0.2) is 24.3 Å². The second-order valence-corrected chi connectivity index (χ2v) is 11.2. The smallest absolute Gasteiger partial charge is 0.246 e. The predicted octanol–water partition coefficient (Wildman–Crippen LogP) is 1.95. The number of phenols is 1. The molecule has 8 nitrogen and oxygen atoms in total. The Morgan fingerprint density at radius 1 is 1.42 bits per heavy atom. The molecule has 1 aromatic rings. The van der Waals surface area contributed by atoms with Crippen LogP contribution in [0.3, 0.4) is 0 Å². The third kappa shape index (κ3) is 3.83. The minimum atomic E-state index is -4.12. The van der Waals surface area contributed by atoms with Crippen LogP contribution in [0.5, 0.6) is 5.75 Å². The number of phenolic OH excluding ortho intramolecular Hbond substituents is 1. The number of nitriles is 1. The summed E-state index contributed by atoms with van der Waals surface area (Å²) in [6, 6.07) is 6.77. The van der Waals surface area contributed by atoms with Gasteiger partial charge in [0, 0.05) is 11.8 Å². The molecule has 0 aromatic heterocycles. The summed E-state index contributed by atoms with van der Waals surface area (Å²) in [5, 5.41) is 21.4. The van der Waals surface area contributed by atoms with Gasteiger partial charge in [0.2, 0.25) is 15.9 Å². The molecule has 9 heteroatoms. The largest absolute Gasteiger partial charge is 0.508 e. The number of carbonyl (C=O) groups is 2. The van der Waals surface area contributed by atoms with Crippen LogP contribution in [-0.4, -0.2) is 37.0 Å². The molecule has 3 rings (SSSR count). The highest BCUT2D eigenvalue weighted by atomic mass is 32.2. The van der Waals surface area contributed by atoms with Crippen molar-refractivity contribution >= 4 is 21.7 Å². The van der Waals surface area contributed by atoms with Gasteiger partial charge in [-0.05, 0) is 55.7 Å². The van der Waals surface area contributed by atoms with Crippen LogP contribution in [0.2, 0.25) is 0 Å². The number of benzene rings is 1. The number of hydrogen-bond donors (Lipinski definition) is 3. The van der Waals surface area contributed by atoms with Crippen molar-refractivity contribution in [1.29, 1.82) is 5.26 Å². The standard InChI is InChI=1S/C22H29N3O5S/c1-14(12-23)24-19(28)21(4,16-6-5-7-17(26)10-16)25-31(29,30)13-22-9-8-15(11-18(22)27)20(22,2)3/h5-7,10,14-15,25-26H,8-9,11,13H2,1-4H3,(H,24,28). The number of hydrogen-bond acceptors (Lipinski definition) is 6. The van der Waals surface area contributed by atoms with Crippen LogP contribution in [-0.2, 0) is 25.2 Å². The zero-order valence-electron chi connectivity index (χ0n) is 18.2. The lowest BCUT2D eigenvalue weighted by molar-refractivity contribution is -0.128. The van der Waals surface area contributed by atoms with E-state index in [0.717, 1.165) is 6.42 Å². The van der Waals surface area contributed by atoms with E-state index in [4.69, 9.17) is 5.26 Å². The van der Waals surface area contributed by atoms with Gasteiger partial charge in [-0.1, -0.05) is 26.0 Å². The van der Waals surface area contributed by atoms with Gasteiger partial charge in [0.1, 0.15) is 23.1 Å². The topological polar surface area (TPSA) is 136 Å². The molecule has 0 saturated heterocycles. The van der Waals surface area contributed by atoms with Crippen LogP contribution >= 0.6 is 0 Å². The van der Waals surface area contributed by atoms with Crippen molar-refractivity contribution in [1.82, 2.24) is 10.0 Å². The van der Waals surface area contributed by atoms with Crippen molar-refractivity contribution in [3.05, 3.63) is 29.8 Å². The average Bonchev–Trinajstić information content (AvgIpc) is 3.01. The number of amides is 1. The molecule has 2 fully saturated rings. The number of ketones is 1. The quantitative estimate of drug-likeness (QED) is 0.584. The Bertz CT molecular complexity index is 1060. The Morgan fingerprint density at radius 2 is 2.10 bits per heavy atom. The van der Waals surface area contributed by atoms with Crippen LogP contribution in [0.1, 0.15) is 52.5 Å². The molecule has 31 heavy (non-hydrogen) atoms. The van der Waals surface area contributed by atoms with Gasteiger partial charge in [-0.15, -0.1) is 0 Å². The van der Waals surface area contributed by atoms with Crippen LogP contribution < -0.4 is 10.0 Å². The van der Waals surface area contributed by atoms with Gasteiger partial charge in [0.15, 0.2) is 0 Å². The second kappa shape index (κ2) is 7.61. The van der Waals surface area contributed by atoms with E-state index < -0.39 is 44.1 Å².